The lowest BCUT2D eigenvalue weighted by Gasteiger charge is -2.18. The highest BCUT2D eigenvalue weighted by Gasteiger charge is 2.20. The summed E-state index contributed by atoms with van der Waals surface area (Å²) >= 11 is 7.98. The number of hydrogen-bond donors (Lipinski definition) is 3. The van der Waals surface area contributed by atoms with E-state index in [1.54, 1.807) is 18.7 Å². The molecule has 2 atom stereocenters. The first-order chi connectivity index (χ1) is 15.6. The van der Waals surface area contributed by atoms with Crippen molar-refractivity contribution in [2.24, 2.45) is 5.92 Å². The average molecular weight is 495 g/mol. The van der Waals surface area contributed by atoms with Crippen LogP contribution in [0.1, 0.15) is 67.6 Å². The summed E-state index contributed by atoms with van der Waals surface area (Å²) in [6.45, 7) is 5.49. The van der Waals surface area contributed by atoms with E-state index in [2.05, 4.69) is 0 Å². The molecule has 33 heavy (non-hydrogen) atoms. The molecule has 3 N–H and O–H groups in total. The van der Waals surface area contributed by atoms with Crippen molar-refractivity contribution in [3.8, 4) is 11.5 Å². The lowest BCUT2D eigenvalue weighted by Crippen LogP contribution is -2.13. The maximum Gasteiger partial charge on any atom is 0.303 e. The Balaban J connectivity index is 1.90. The van der Waals surface area contributed by atoms with Crippen molar-refractivity contribution < 1.29 is 29.6 Å². The lowest BCUT2D eigenvalue weighted by atomic mass is 9.95. The Labute approximate surface area is 203 Å². The van der Waals surface area contributed by atoms with Crippen LogP contribution in [0.3, 0.4) is 0 Å². The van der Waals surface area contributed by atoms with E-state index in [4.69, 9.17) is 21.4 Å². The van der Waals surface area contributed by atoms with E-state index in [0.717, 1.165) is 23.5 Å². The number of carboxylic acid groups (broad SMARTS) is 1. The minimum Gasteiger partial charge on any atom is -0.507 e. The third-order valence-corrected chi connectivity index (χ3v) is 6.62. The van der Waals surface area contributed by atoms with Crippen LogP contribution in [0, 0.1) is 5.92 Å². The van der Waals surface area contributed by atoms with Gasteiger partial charge in [0.2, 0.25) is 0 Å². The minimum atomic E-state index is -0.927. The predicted octanol–water partition coefficient (Wildman–Crippen LogP) is 5.91. The van der Waals surface area contributed by atoms with Gasteiger partial charge in [-0.3, -0.25) is 9.59 Å². The van der Waals surface area contributed by atoms with Crippen LogP contribution in [-0.2, 0) is 11.2 Å². The second-order valence-corrected chi connectivity index (χ2v) is 9.58. The summed E-state index contributed by atoms with van der Waals surface area (Å²) in [5.41, 5.74) is 1.47. The molecule has 0 fully saturated rings. The fourth-order valence-electron chi connectivity index (χ4n) is 3.48. The topological polar surface area (TPSA) is 104 Å². The molecule has 2 unspecified atom stereocenters. The number of rotatable bonds is 13. The molecule has 0 radical (unpaired) electrons. The van der Waals surface area contributed by atoms with E-state index in [1.807, 2.05) is 31.2 Å². The molecule has 0 saturated heterocycles. The number of halogens is 1. The van der Waals surface area contributed by atoms with Crippen LogP contribution in [0.4, 0.5) is 0 Å². The molecule has 2 aromatic carbocycles. The van der Waals surface area contributed by atoms with Gasteiger partial charge in [-0.2, -0.15) is 0 Å². The van der Waals surface area contributed by atoms with Crippen LogP contribution < -0.4 is 4.74 Å². The molecule has 0 aromatic heterocycles. The maximum absolute atomic E-state index is 11.8. The molecule has 2 rings (SSSR count). The third-order valence-electron chi connectivity index (χ3n) is 5.24. The van der Waals surface area contributed by atoms with Crippen molar-refractivity contribution in [1.29, 1.82) is 0 Å². The van der Waals surface area contributed by atoms with E-state index in [9.17, 15) is 19.8 Å². The number of carboxylic acids is 1. The number of phenolic OH excluding ortho intramolecular Hbond substituents is 1. The fraction of sp³-hybridized carbons (Fsp3) is 0.440. The van der Waals surface area contributed by atoms with Gasteiger partial charge in [-0.25, -0.2) is 0 Å². The first kappa shape index (κ1) is 27.0. The molecule has 8 heteroatoms. The predicted molar refractivity (Wildman–Crippen MR) is 131 cm³/mol. The maximum atomic E-state index is 11.8. The Kier molecular flexibility index (Phi) is 10.5. The summed E-state index contributed by atoms with van der Waals surface area (Å²) in [6, 6.07) is 8.91. The van der Waals surface area contributed by atoms with E-state index in [1.165, 1.54) is 13.0 Å². The molecule has 180 valence electrons. The number of carbonyl (C=O) groups excluding carboxylic acids is 1. The number of ether oxygens (including phenoxy) is 1. The number of aromatic hydroxyl groups is 1. The number of hydrogen-bond acceptors (Lipinski definition) is 6. The summed E-state index contributed by atoms with van der Waals surface area (Å²) in [5, 5.41) is 30.0. The van der Waals surface area contributed by atoms with E-state index >= 15 is 0 Å². The average Bonchev–Trinajstić information content (AvgIpc) is 2.76. The number of aliphatic hydroxyl groups excluding tert-OH is 1. The van der Waals surface area contributed by atoms with Crippen LogP contribution in [0.5, 0.6) is 11.5 Å². The zero-order chi connectivity index (χ0) is 24.5. The summed E-state index contributed by atoms with van der Waals surface area (Å²) in [4.78, 5) is 23.6. The van der Waals surface area contributed by atoms with Gasteiger partial charge < -0.3 is 20.1 Å². The van der Waals surface area contributed by atoms with Crippen LogP contribution in [0.15, 0.2) is 35.2 Å². The summed E-state index contributed by atoms with van der Waals surface area (Å²) in [6.07, 6.45) is 1.16. The van der Waals surface area contributed by atoms with Crippen molar-refractivity contribution in [3.05, 3.63) is 52.0 Å². The smallest absolute Gasteiger partial charge is 0.303 e. The zero-order valence-electron chi connectivity index (χ0n) is 19.1. The summed E-state index contributed by atoms with van der Waals surface area (Å²) in [7, 11) is 0. The van der Waals surface area contributed by atoms with Crippen LogP contribution in [-0.4, -0.2) is 39.4 Å². The molecule has 0 amide bonds. The molecule has 6 nitrogen and oxygen atoms in total. The van der Waals surface area contributed by atoms with E-state index in [-0.39, 0.29) is 29.4 Å². The monoisotopic (exact) mass is 494 g/mol. The summed E-state index contributed by atoms with van der Waals surface area (Å²) < 4.78 is 5.88. The normalized spacial score (nSPS) is 12.9. The second-order valence-electron chi connectivity index (χ2n) is 8.01. The molecule has 0 saturated carbocycles. The van der Waals surface area contributed by atoms with Crippen molar-refractivity contribution in [2.75, 3.05) is 12.4 Å². The van der Waals surface area contributed by atoms with Gasteiger partial charge >= 0.3 is 5.97 Å². The third kappa shape index (κ3) is 7.66. The zero-order valence-corrected chi connectivity index (χ0v) is 20.7. The molecule has 0 aliphatic rings. The number of aliphatic hydroxyl groups is 1. The van der Waals surface area contributed by atoms with Gasteiger partial charge in [-0.1, -0.05) is 44.0 Å². The highest BCUT2D eigenvalue weighted by molar-refractivity contribution is 7.99. The van der Waals surface area contributed by atoms with Crippen molar-refractivity contribution in [3.63, 3.8) is 0 Å². The molecule has 2 aromatic rings. The Bertz CT molecular complexity index is 960. The standard InChI is InChI=1S/C25H31ClO6S/c1-4-6-19-24(31)20(16(3)27)14-21(26)25(19)32-11-5-12-33-18-9-7-17(8-10-18)23(30)15(2)13-22(28)29/h7-10,14-15,23,30-31H,4-6,11-13H2,1-3H3,(H,28,29). The van der Waals surface area contributed by atoms with Crippen LogP contribution in [0.2, 0.25) is 5.02 Å². The Morgan fingerprint density at radius 1 is 1.21 bits per heavy atom. The second kappa shape index (κ2) is 12.9. The van der Waals surface area contributed by atoms with Gasteiger partial charge in [0.1, 0.15) is 11.5 Å². The first-order valence-electron chi connectivity index (χ1n) is 11.0. The van der Waals surface area contributed by atoms with Gasteiger partial charge in [0.25, 0.3) is 0 Å². The molecular weight excluding hydrogens is 464 g/mol. The highest BCUT2D eigenvalue weighted by Crippen LogP contribution is 2.39. The van der Waals surface area contributed by atoms with Crippen molar-refractivity contribution >= 4 is 35.1 Å². The van der Waals surface area contributed by atoms with E-state index in [0.29, 0.717) is 34.9 Å². The molecule has 0 bridgehead atoms. The van der Waals surface area contributed by atoms with Gasteiger partial charge in [0, 0.05) is 16.2 Å². The number of carbonyl (C=O) groups is 2. The number of aliphatic carboxylic acids is 1. The summed E-state index contributed by atoms with van der Waals surface area (Å²) in [5.74, 6) is -0.381. The Morgan fingerprint density at radius 2 is 1.88 bits per heavy atom. The molecule has 0 aliphatic carbocycles. The number of phenols is 1. The Morgan fingerprint density at radius 3 is 2.45 bits per heavy atom. The van der Waals surface area contributed by atoms with Gasteiger partial charge in [-0.05, 0) is 49.4 Å². The van der Waals surface area contributed by atoms with Crippen LogP contribution in [0.25, 0.3) is 0 Å². The van der Waals surface area contributed by atoms with Gasteiger partial charge in [0.15, 0.2) is 5.78 Å². The number of ketones is 1. The molecule has 0 heterocycles. The quantitative estimate of drug-likeness (QED) is 0.181. The van der Waals surface area contributed by atoms with Crippen LogP contribution >= 0.6 is 23.4 Å². The number of Topliss-reactive ketones (excluding diaryl/α,β-unsaturated/α-hetero) is 1. The highest BCUT2D eigenvalue weighted by atomic mass is 35.5. The first-order valence-corrected chi connectivity index (χ1v) is 12.3. The van der Waals surface area contributed by atoms with Crippen molar-refractivity contribution in [2.45, 2.75) is 57.5 Å². The van der Waals surface area contributed by atoms with Gasteiger partial charge in [-0.15, -0.1) is 11.8 Å². The molecule has 0 aliphatic heterocycles. The van der Waals surface area contributed by atoms with E-state index < -0.39 is 12.1 Å². The number of thioether (sulfide) groups is 1. The van der Waals surface area contributed by atoms with Gasteiger partial charge in [0.05, 0.1) is 29.7 Å². The SMILES string of the molecule is CCCc1c(O)c(C(C)=O)cc(Cl)c1OCCCSc1ccc(C(O)C(C)CC(=O)O)cc1. The largest absolute Gasteiger partial charge is 0.507 e. The molecular formula is C25H31ClO6S. The number of benzene rings is 2. The molecule has 0 spiro atoms. The Hall–Kier alpha value is -2.22. The lowest BCUT2D eigenvalue weighted by molar-refractivity contribution is -0.139. The minimum absolute atomic E-state index is 0.0573. The van der Waals surface area contributed by atoms with Crippen molar-refractivity contribution in [1.82, 2.24) is 0 Å². The fourth-order valence-corrected chi connectivity index (χ4v) is 4.59.